The highest BCUT2D eigenvalue weighted by Gasteiger charge is 2.03. The van der Waals surface area contributed by atoms with Crippen molar-refractivity contribution in [3.8, 4) is 5.75 Å². The zero-order valence-electron chi connectivity index (χ0n) is 11.3. The summed E-state index contributed by atoms with van der Waals surface area (Å²) in [5.41, 5.74) is 0.446. The zero-order chi connectivity index (χ0) is 13.4. The van der Waals surface area contributed by atoms with E-state index in [1.165, 1.54) is 6.07 Å². The van der Waals surface area contributed by atoms with E-state index < -0.39 is 0 Å². The highest BCUT2D eigenvalue weighted by Crippen LogP contribution is 2.20. The molecule has 0 saturated heterocycles. The second-order valence-corrected chi connectivity index (χ2v) is 4.57. The maximum atomic E-state index is 13.4. The minimum atomic E-state index is -0.280. The van der Waals surface area contributed by atoms with Gasteiger partial charge < -0.3 is 14.8 Å². The number of benzene rings is 1. The molecule has 3 nitrogen and oxygen atoms in total. The third kappa shape index (κ3) is 5.36. The molecule has 0 saturated carbocycles. The van der Waals surface area contributed by atoms with E-state index in [0.29, 0.717) is 30.5 Å². The average molecular weight is 255 g/mol. The van der Waals surface area contributed by atoms with Gasteiger partial charge in [-0.15, -0.1) is 0 Å². The molecule has 1 N–H and O–H groups in total. The van der Waals surface area contributed by atoms with Crippen LogP contribution in [0, 0.1) is 11.7 Å². The van der Waals surface area contributed by atoms with Crippen LogP contribution in [0.25, 0.3) is 0 Å². The summed E-state index contributed by atoms with van der Waals surface area (Å²) in [6.45, 7) is 6.23. The smallest absolute Gasteiger partial charge is 0.146 e. The Kier molecular flexibility index (Phi) is 6.50. The minimum Gasteiger partial charge on any atom is -0.497 e. The average Bonchev–Trinajstić information content (AvgIpc) is 2.35. The molecule has 1 aromatic carbocycles. The molecule has 0 aliphatic carbocycles. The number of halogens is 1. The van der Waals surface area contributed by atoms with Crippen molar-refractivity contribution in [1.82, 2.24) is 0 Å². The van der Waals surface area contributed by atoms with Crippen LogP contribution in [0.4, 0.5) is 10.1 Å². The number of nitrogens with one attached hydrogen (secondary N) is 1. The highest BCUT2D eigenvalue weighted by atomic mass is 19.1. The molecule has 1 aromatic rings. The summed E-state index contributed by atoms with van der Waals surface area (Å²) in [5.74, 6) is 1.01. The molecule has 0 aliphatic heterocycles. The molecule has 4 heteroatoms. The largest absolute Gasteiger partial charge is 0.497 e. The van der Waals surface area contributed by atoms with Crippen molar-refractivity contribution in [3.63, 3.8) is 0 Å². The van der Waals surface area contributed by atoms with Gasteiger partial charge in [-0.2, -0.15) is 0 Å². The van der Waals surface area contributed by atoms with Crippen LogP contribution in [0.5, 0.6) is 5.75 Å². The van der Waals surface area contributed by atoms with Crippen LogP contribution in [0.1, 0.15) is 20.3 Å². The normalized spacial score (nSPS) is 10.7. The van der Waals surface area contributed by atoms with Gasteiger partial charge in [0.15, 0.2) is 0 Å². The lowest BCUT2D eigenvalue weighted by atomic mass is 10.1. The Bertz CT molecular complexity index is 356. The number of anilines is 1. The summed E-state index contributed by atoms with van der Waals surface area (Å²) in [4.78, 5) is 0. The summed E-state index contributed by atoms with van der Waals surface area (Å²) >= 11 is 0. The van der Waals surface area contributed by atoms with E-state index in [9.17, 15) is 4.39 Å². The maximum Gasteiger partial charge on any atom is 0.146 e. The topological polar surface area (TPSA) is 30.5 Å². The predicted molar refractivity (Wildman–Crippen MR) is 71.7 cm³/mol. The molecule has 18 heavy (non-hydrogen) atoms. The van der Waals surface area contributed by atoms with E-state index in [1.807, 2.05) is 0 Å². The van der Waals surface area contributed by atoms with Gasteiger partial charge >= 0.3 is 0 Å². The number of hydrogen-bond acceptors (Lipinski definition) is 3. The first-order chi connectivity index (χ1) is 8.63. The molecule has 0 atom stereocenters. The van der Waals surface area contributed by atoms with Gasteiger partial charge in [0, 0.05) is 19.2 Å². The van der Waals surface area contributed by atoms with E-state index in [0.717, 1.165) is 13.0 Å². The summed E-state index contributed by atoms with van der Waals surface area (Å²) in [7, 11) is 1.56. The Morgan fingerprint density at radius 1 is 1.28 bits per heavy atom. The Labute approximate surface area is 108 Å². The van der Waals surface area contributed by atoms with Gasteiger partial charge in [-0.05, 0) is 24.5 Å². The lowest BCUT2D eigenvalue weighted by Gasteiger charge is -2.10. The quantitative estimate of drug-likeness (QED) is 0.723. The summed E-state index contributed by atoms with van der Waals surface area (Å²) in [6.07, 6.45) is 1.05. The van der Waals surface area contributed by atoms with E-state index in [2.05, 4.69) is 19.2 Å². The lowest BCUT2D eigenvalue weighted by molar-refractivity contribution is 0.132. The molecule has 1 rings (SSSR count). The van der Waals surface area contributed by atoms with Crippen LogP contribution in [-0.2, 0) is 4.74 Å². The second kappa shape index (κ2) is 7.93. The molecule has 0 aliphatic rings. The van der Waals surface area contributed by atoms with Gasteiger partial charge in [0.2, 0.25) is 0 Å². The molecular formula is C14H22FNO2. The number of ether oxygens (including phenoxy) is 2. The van der Waals surface area contributed by atoms with Gasteiger partial charge in [-0.25, -0.2) is 4.39 Å². The molecule has 0 aromatic heterocycles. The Morgan fingerprint density at radius 2 is 2.06 bits per heavy atom. The summed E-state index contributed by atoms with van der Waals surface area (Å²) in [6, 6.07) is 4.63. The molecule has 0 amide bonds. The Balaban J connectivity index is 2.26. The maximum absolute atomic E-state index is 13.4. The monoisotopic (exact) mass is 255 g/mol. The fourth-order valence-corrected chi connectivity index (χ4v) is 1.45. The summed E-state index contributed by atoms with van der Waals surface area (Å²) < 4.78 is 23.9. The Morgan fingerprint density at radius 3 is 2.72 bits per heavy atom. The van der Waals surface area contributed by atoms with Crippen molar-refractivity contribution in [2.75, 3.05) is 32.2 Å². The third-order valence-corrected chi connectivity index (χ3v) is 2.57. The van der Waals surface area contributed by atoms with Crippen LogP contribution < -0.4 is 10.1 Å². The highest BCUT2D eigenvalue weighted by molar-refractivity contribution is 5.49. The molecule has 0 spiro atoms. The second-order valence-electron chi connectivity index (χ2n) is 4.57. The first kappa shape index (κ1) is 14.8. The van der Waals surface area contributed by atoms with Crippen molar-refractivity contribution in [3.05, 3.63) is 24.0 Å². The predicted octanol–water partition coefficient (Wildman–Crippen LogP) is 3.31. The number of rotatable bonds is 8. The molecule has 102 valence electrons. The number of hydrogen-bond donors (Lipinski definition) is 1. The van der Waals surface area contributed by atoms with Gasteiger partial charge in [0.1, 0.15) is 11.6 Å². The van der Waals surface area contributed by atoms with Crippen LogP contribution in [0.3, 0.4) is 0 Å². The molecule has 0 bridgehead atoms. The van der Waals surface area contributed by atoms with Gasteiger partial charge in [0.05, 0.1) is 19.4 Å². The molecule has 0 radical (unpaired) electrons. The Hall–Kier alpha value is -1.29. The SMILES string of the molecule is COc1ccc(F)c(NCCOCCC(C)C)c1. The molecular weight excluding hydrogens is 233 g/mol. The minimum absolute atomic E-state index is 0.280. The van der Waals surface area contributed by atoms with Crippen LogP contribution in [0.15, 0.2) is 18.2 Å². The van der Waals surface area contributed by atoms with Crippen molar-refractivity contribution in [2.45, 2.75) is 20.3 Å². The van der Waals surface area contributed by atoms with Crippen molar-refractivity contribution >= 4 is 5.69 Å². The summed E-state index contributed by atoms with van der Waals surface area (Å²) in [5, 5.41) is 3.00. The van der Waals surface area contributed by atoms with Gasteiger partial charge in [-0.1, -0.05) is 13.8 Å². The van der Waals surface area contributed by atoms with Crippen LogP contribution in [-0.4, -0.2) is 26.9 Å². The zero-order valence-corrected chi connectivity index (χ0v) is 11.3. The van der Waals surface area contributed by atoms with Crippen molar-refractivity contribution in [2.24, 2.45) is 5.92 Å². The first-order valence-electron chi connectivity index (χ1n) is 6.28. The lowest BCUT2D eigenvalue weighted by Crippen LogP contribution is -2.11. The van der Waals surface area contributed by atoms with E-state index >= 15 is 0 Å². The van der Waals surface area contributed by atoms with Crippen LogP contribution in [0.2, 0.25) is 0 Å². The fourth-order valence-electron chi connectivity index (χ4n) is 1.45. The van der Waals surface area contributed by atoms with E-state index in [-0.39, 0.29) is 5.82 Å². The van der Waals surface area contributed by atoms with Crippen molar-refractivity contribution < 1.29 is 13.9 Å². The van der Waals surface area contributed by atoms with Gasteiger partial charge in [0.25, 0.3) is 0 Å². The molecule has 0 heterocycles. The fraction of sp³-hybridized carbons (Fsp3) is 0.571. The third-order valence-electron chi connectivity index (χ3n) is 2.57. The first-order valence-corrected chi connectivity index (χ1v) is 6.28. The van der Waals surface area contributed by atoms with E-state index in [4.69, 9.17) is 9.47 Å². The number of methoxy groups -OCH3 is 1. The van der Waals surface area contributed by atoms with Crippen molar-refractivity contribution in [1.29, 1.82) is 0 Å². The molecule has 0 fully saturated rings. The van der Waals surface area contributed by atoms with E-state index in [1.54, 1.807) is 19.2 Å². The molecule has 0 unspecified atom stereocenters. The van der Waals surface area contributed by atoms with Crippen LogP contribution >= 0.6 is 0 Å². The van der Waals surface area contributed by atoms with Gasteiger partial charge in [-0.3, -0.25) is 0 Å². The standard InChI is InChI=1S/C14H22FNO2/c1-11(2)6-8-18-9-7-16-14-10-12(17-3)4-5-13(14)15/h4-5,10-11,16H,6-9H2,1-3H3.